The lowest BCUT2D eigenvalue weighted by Gasteiger charge is -2.08. The van der Waals surface area contributed by atoms with Crippen LogP contribution in [0.15, 0.2) is 86.1 Å². The molecule has 3 aromatic carbocycles. The molecule has 158 valence electrons. The smallest absolute Gasteiger partial charge is 0.291 e. The van der Waals surface area contributed by atoms with Gasteiger partial charge in [0.25, 0.3) is 5.91 Å². The van der Waals surface area contributed by atoms with Crippen LogP contribution in [0.1, 0.15) is 21.7 Å². The maximum atomic E-state index is 12.8. The summed E-state index contributed by atoms with van der Waals surface area (Å²) in [6, 6.07) is 22.8. The van der Waals surface area contributed by atoms with Gasteiger partial charge in [0.15, 0.2) is 11.3 Å². The molecule has 5 nitrogen and oxygen atoms in total. The Bertz CT molecular complexity index is 1450. The first-order valence-corrected chi connectivity index (χ1v) is 10.9. The number of nitrogens with one attached hydrogen (secondary N) is 1. The normalized spacial score (nSPS) is 11.1. The Kier molecular flexibility index (Phi) is 5.15. The predicted octanol–water partition coefficient (Wildman–Crippen LogP) is 7.39. The number of oxazole rings is 1. The molecular weight excluding hydrogens is 468 g/mol. The summed E-state index contributed by atoms with van der Waals surface area (Å²) in [6.07, 6.45) is 0. The van der Waals surface area contributed by atoms with Crippen LogP contribution in [0.4, 0.5) is 5.69 Å². The minimum absolute atomic E-state index is 0.241. The van der Waals surface area contributed by atoms with Gasteiger partial charge in [-0.15, -0.1) is 0 Å². The van der Waals surface area contributed by atoms with E-state index in [0.717, 1.165) is 37.8 Å². The number of rotatable bonds is 4. The molecule has 0 fully saturated rings. The fraction of sp³-hybridized carbons (Fsp3) is 0.0769. The number of aromatic nitrogens is 1. The molecule has 0 radical (unpaired) electrons. The summed E-state index contributed by atoms with van der Waals surface area (Å²) >= 11 is 3.42. The van der Waals surface area contributed by atoms with E-state index in [1.165, 1.54) is 0 Å². The van der Waals surface area contributed by atoms with Gasteiger partial charge in [0.2, 0.25) is 5.89 Å². The SMILES string of the molecule is Cc1ccc2nc(-c3ccc(C)c(NC(=O)c4ccc(-c5ccc(Br)cc5)o4)c3)oc2c1. The third kappa shape index (κ3) is 3.97. The summed E-state index contributed by atoms with van der Waals surface area (Å²) in [5.74, 6) is 1.07. The minimum Gasteiger partial charge on any atom is -0.451 e. The molecule has 0 atom stereocenters. The fourth-order valence-corrected chi connectivity index (χ4v) is 3.72. The molecular formula is C26H19BrN2O3. The van der Waals surface area contributed by atoms with Crippen molar-refractivity contribution in [2.75, 3.05) is 5.32 Å². The van der Waals surface area contributed by atoms with E-state index in [-0.39, 0.29) is 11.7 Å². The van der Waals surface area contributed by atoms with E-state index in [1.807, 2.05) is 74.5 Å². The van der Waals surface area contributed by atoms with Gasteiger partial charge in [-0.2, -0.15) is 0 Å². The van der Waals surface area contributed by atoms with E-state index in [9.17, 15) is 4.79 Å². The molecule has 0 aliphatic heterocycles. The molecule has 6 heteroatoms. The molecule has 2 aromatic heterocycles. The second-order valence-electron chi connectivity index (χ2n) is 7.64. The van der Waals surface area contributed by atoms with Crippen LogP contribution >= 0.6 is 15.9 Å². The van der Waals surface area contributed by atoms with Crippen molar-refractivity contribution < 1.29 is 13.6 Å². The van der Waals surface area contributed by atoms with E-state index >= 15 is 0 Å². The van der Waals surface area contributed by atoms with E-state index in [1.54, 1.807) is 12.1 Å². The summed E-state index contributed by atoms with van der Waals surface area (Å²) in [5.41, 5.74) is 5.93. The molecule has 1 N–H and O–H groups in total. The average Bonchev–Trinajstić information content (AvgIpc) is 3.43. The molecule has 0 aliphatic carbocycles. The second kappa shape index (κ2) is 8.13. The zero-order chi connectivity index (χ0) is 22.2. The van der Waals surface area contributed by atoms with Crippen molar-refractivity contribution >= 4 is 38.6 Å². The molecule has 0 bridgehead atoms. The molecule has 0 unspecified atom stereocenters. The predicted molar refractivity (Wildman–Crippen MR) is 129 cm³/mol. The summed E-state index contributed by atoms with van der Waals surface area (Å²) in [4.78, 5) is 17.4. The van der Waals surface area contributed by atoms with Crippen molar-refractivity contribution in [3.8, 4) is 22.8 Å². The molecule has 1 amide bonds. The summed E-state index contributed by atoms with van der Waals surface area (Å²) in [6.45, 7) is 3.95. The van der Waals surface area contributed by atoms with Gasteiger partial charge in [0.05, 0.1) is 0 Å². The zero-order valence-corrected chi connectivity index (χ0v) is 19.1. The van der Waals surface area contributed by atoms with Crippen molar-refractivity contribution in [3.05, 3.63) is 94.2 Å². The number of halogens is 1. The Morgan fingerprint density at radius 1 is 0.875 bits per heavy atom. The third-order valence-electron chi connectivity index (χ3n) is 5.24. The fourth-order valence-electron chi connectivity index (χ4n) is 3.46. The molecule has 0 aliphatic rings. The number of amides is 1. The maximum absolute atomic E-state index is 12.8. The number of fused-ring (bicyclic) bond motifs is 1. The van der Waals surface area contributed by atoms with Gasteiger partial charge in [-0.25, -0.2) is 4.98 Å². The summed E-state index contributed by atoms with van der Waals surface area (Å²) in [7, 11) is 0. The number of anilines is 1. The highest BCUT2D eigenvalue weighted by molar-refractivity contribution is 9.10. The van der Waals surface area contributed by atoms with Gasteiger partial charge in [-0.3, -0.25) is 4.79 Å². The Morgan fingerprint density at radius 2 is 1.66 bits per heavy atom. The standard InChI is InChI=1S/C26H19BrN2O3/c1-15-3-10-20-24(13-15)32-26(29-20)18-5-4-16(2)21(14-18)28-25(30)23-12-11-22(31-23)17-6-8-19(27)9-7-17/h3-14H,1-2H3,(H,28,30). The second-order valence-corrected chi connectivity index (χ2v) is 8.56. The van der Waals surface area contributed by atoms with Crippen LogP contribution in [0.25, 0.3) is 33.9 Å². The Labute approximate surface area is 193 Å². The molecule has 5 rings (SSSR count). The first kappa shape index (κ1) is 20.3. The number of carbonyl (C=O) groups excluding carboxylic acids is 1. The molecule has 0 saturated heterocycles. The van der Waals surface area contributed by atoms with E-state index in [4.69, 9.17) is 8.83 Å². The lowest BCUT2D eigenvalue weighted by Crippen LogP contribution is -2.11. The van der Waals surface area contributed by atoms with Crippen molar-refractivity contribution in [1.29, 1.82) is 0 Å². The highest BCUT2D eigenvalue weighted by atomic mass is 79.9. The van der Waals surface area contributed by atoms with Gasteiger partial charge in [0.1, 0.15) is 11.3 Å². The summed E-state index contributed by atoms with van der Waals surface area (Å²) < 4.78 is 12.7. The van der Waals surface area contributed by atoms with Crippen LogP contribution in [0.5, 0.6) is 0 Å². The molecule has 2 heterocycles. The molecule has 0 saturated carbocycles. The maximum Gasteiger partial charge on any atom is 0.291 e. The van der Waals surface area contributed by atoms with Crippen molar-refractivity contribution in [3.63, 3.8) is 0 Å². The number of carbonyl (C=O) groups is 1. The third-order valence-corrected chi connectivity index (χ3v) is 5.76. The number of nitrogens with zero attached hydrogens (tertiary/aromatic N) is 1. The van der Waals surface area contributed by atoms with Crippen LogP contribution in [-0.4, -0.2) is 10.9 Å². The number of hydrogen-bond acceptors (Lipinski definition) is 4. The lowest BCUT2D eigenvalue weighted by atomic mass is 10.1. The average molecular weight is 487 g/mol. The van der Waals surface area contributed by atoms with Crippen LogP contribution < -0.4 is 5.32 Å². The van der Waals surface area contributed by atoms with Crippen LogP contribution in [-0.2, 0) is 0 Å². The van der Waals surface area contributed by atoms with Crippen molar-refractivity contribution in [1.82, 2.24) is 4.98 Å². The highest BCUT2D eigenvalue weighted by Gasteiger charge is 2.15. The van der Waals surface area contributed by atoms with E-state index in [2.05, 4.69) is 26.2 Å². The molecule has 0 spiro atoms. The van der Waals surface area contributed by atoms with Crippen LogP contribution in [0, 0.1) is 13.8 Å². The van der Waals surface area contributed by atoms with Gasteiger partial charge in [-0.1, -0.05) is 40.2 Å². The highest BCUT2D eigenvalue weighted by Crippen LogP contribution is 2.29. The molecule has 5 aromatic rings. The van der Waals surface area contributed by atoms with Gasteiger partial charge >= 0.3 is 0 Å². The largest absolute Gasteiger partial charge is 0.451 e. The van der Waals surface area contributed by atoms with E-state index in [0.29, 0.717) is 17.3 Å². The number of hydrogen-bond donors (Lipinski definition) is 1. The number of aryl methyl sites for hydroxylation is 2. The Hall–Kier alpha value is -3.64. The first-order valence-electron chi connectivity index (χ1n) is 10.1. The number of benzene rings is 3. The monoisotopic (exact) mass is 486 g/mol. The number of furan rings is 1. The molecule has 32 heavy (non-hydrogen) atoms. The van der Waals surface area contributed by atoms with Crippen LogP contribution in [0.2, 0.25) is 0 Å². The Balaban J connectivity index is 1.40. The lowest BCUT2D eigenvalue weighted by molar-refractivity contribution is 0.0997. The quantitative estimate of drug-likeness (QED) is 0.287. The minimum atomic E-state index is -0.318. The van der Waals surface area contributed by atoms with Crippen molar-refractivity contribution in [2.24, 2.45) is 0 Å². The van der Waals surface area contributed by atoms with Crippen LogP contribution in [0.3, 0.4) is 0 Å². The van der Waals surface area contributed by atoms with Gasteiger partial charge in [-0.05, 0) is 73.5 Å². The Morgan fingerprint density at radius 3 is 2.47 bits per heavy atom. The van der Waals surface area contributed by atoms with Gasteiger partial charge < -0.3 is 14.2 Å². The first-order chi connectivity index (χ1) is 15.5. The van der Waals surface area contributed by atoms with Crippen molar-refractivity contribution in [2.45, 2.75) is 13.8 Å². The van der Waals surface area contributed by atoms with E-state index < -0.39 is 0 Å². The topological polar surface area (TPSA) is 68.3 Å². The summed E-state index contributed by atoms with van der Waals surface area (Å²) in [5, 5.41) is 2.94. The zero-order valence-electron chi connectivity index (χ0n) is 17.5. The van der Waals surface area contributed by atoms with Gasteiger partial charge in [0, 0.05) is 21.3 Å².